The van der Waals surface area contributed by atoms with Crippen molar-refractivity contribution >= 4 is 33.7 Å². The lowest BCUT2D eigenvalue weighted by molar-refractivity contribution is 0.0957. The Morgan fingerprint density at radius 1 is 1.27 bits per heavy atom. The van der Waals surface area contributed by atoms with Crippen molar-refractivity contribution in [2.45, 2.75) is 18.9 Å². The lowest BCUT2D eigenvalue weighted by Gasteiger charge is -2.32. The van der Waals surface area contributed by atoms with E-state index in [0.717, 1.165) is 42.5 Å². The van der Waals surface area contributed by atoms with Crippen LogP contribution in [0.5, 0.6) is 0 Å². The molecule has 2 aromatic heterocycles. The van der Waals surface area contributed by atoms with Crippen molar-refractivity contribution < 1.29 is 4.79 Å². The van der Waals surface area contributed by atoms with Crippen LogP contribution >= 0.6 is 22.7 Å². The van der Waals surface area contributed by atoms with E-state index in [1.807, 2.05) is 29.1 Å². The zero-order chi connectivity index (χ0) is 15.2. The minimum absolute atomic E-state index is 0.0235. The van der Waals surface area contributed by atoms with Crippen LogP contribution in [0.25, 0.3) is 0 Å². The average Bonchev–Trinajstić information content (AvgIpc) is 3.25. The molecule has 0 bridgehead atoms. The first-order valence-corrected chi connectivity index (χ1v) is 9.28. The van der Waals surface area contributed by atoms with Gasteiger partial charge >= 0.3 is 0 Å². The molecule has 22 heavy (non-hydrogen) atoms. The lowest BCUT2D eigenvalue weighted by Crippen LogP contribution is -2.44. The van der Waals surface area contributed by atoms with Gasteiger partial charge < -0.3 is 15.5 Å². The number of carbonyl (C=O) groups is 1. The van der Waals surface area contributed by atoms with Crippen LogP contribution in [-0.4, -0.2) is 43.1 Å². The van der Waals surface area contributed by atoms with Crippen LogP contribution in [0.2, 0.25) is 0 Å². The van der Waals surface area contributed by atoms with Gasteiger partial charge in [-0.25, -0.2) is 4.98 Å². The predicted octanol–water partition coefficient (Wildman–Crippen LogP) is 2.19. The molecule has 0 spiro atoms. The number of aromatic nitrogens is 1. The molecule has 3 heterocycles. The fourth-order valence-corrected chi connectivity index (χ4v) is 3.93. The van der Waals surface area contributed by atoms with Gasteiger partial charge in [0.15, 0.2) is 5.13 Å². The topological polar surface area (TPSA) is 57.3 Å². The number of anilines is 1. The molecular weight excluding hydrogens is 316 g/mol. The minimum atomic E-state index is 0.0235. The van der Waals surface area contributed by atoms with Crippen LogP contribution in [0.1, 0.15) is 22.5 Å². The van der Waals surface area contributed by atoms with E-state index in [1.165, 1.54) is 11.3 Å². The molecule has 5 nitrogen and oxygen atoms in total. The third-order valence-corrected chi connectivity index (χ3v) is 5.47. The van der Waals surface area contributed by atoms with E-state index in [9.17, 15) is 4.79 Å². The molecule has 0 aliphatic carbocycles. The van der Waals surface area contributed by atoms with E-state index in [0.29, 0.717) is 12.6 Å². The van der Waals surface area contributed by atoms with Crippen molar-refractivity contribution in [3.8, 4) is 0 Å². The number of hydrogen-bond donors (Lipinski definition) is 2. The van der Waals surface area contributed by atoms with E-state index in [2.05, 4.69) is 20.5 Å². The Bertz CT molecular complexity index is 562. The lowest BCUT2D eigenvalue weighted by atomic mass is 10.1. The summed E-state index contributed by atoms with van der Waals surface area (Å²) in [6.07, 6.45) is 4.11. The van der Waals surface area contributed by atoms with Crippen molar-refractivity contribution in [2.75, 3.05) is 31.1 Å². The van der Waals surface area contributed by atoms with Gasteiger partial charge in [-0.15, -0.1) is 22.7 Å². The number of piperidine rings is 1. The summed E-state index contributed by atoms with van der Waals surface area (Å²) in [5, 5.41) is 11.5. The van der Waals surface area contributed by atoms with Crippen molar-refractivity contribution in [1.82, 2.24) is 15.6 Å². The summed E-state index contributed by atoms with van der Waals surface area (Å²) in [4.78, 5) is 19.3. The summed E-state index contributed by atoms with van der Waals surface area (Å²) in [5.41, 5.74) is 0. The van der Waals surface area contributed by atoms with Crippen LogP contribution < -0.4 is 15.5 Å². The van der Waals surface area contributed by atoms with Crippen LogP contribution in [0.4, 0.5) is 5.13 Å². The number of nitrogens with zero attached hydrogens (tertiary/aromatic N) is 2. The van der Waals surface area contributed by atoms with Crippen LogP contribution in [0, 0.1) is 0 Å². The number of carbonyl (C=O) groups excluding carboxylic acids is 1. The van der Waals surface area contributed by atoms with Gasteiger partial charge in [0, 0.05) is 43.8 Å². The molecule has 0 unspecified atom stereocenters. The molecule has 7 heteroatoms. The fourth-order valence-electron chi connectivity index (χ4n) is 2.59. The summed E-state index contributed by atoms with van der Waals surface area (Å²) < 4.78 is 0. The second-order valence-corrected chi connectivity index (χ2v) is 7.08. The normalized spacial score (nSPS) is 15.9. The zero-order valence-electron chi connectivity index (χ0n) is 12.3. The molecule has 1 saturated heterocycles. The maximum atomic E-state index is 11.8. The Balaban J connectivity index is 1.31. The summed E-state index contributed by atoms with van der Waals surface area (Å²) in [5.74, 6) is 0.0235. The Kier molecular flexibility index (Phi) is 5.42. The number of amides is 1. The van der Waals surface area contributed by atoms with Gasteiger partial charge in [0.25, 0.3) is 5.91 Å². The van der Waals surface area contributed by atoms with Crippen molar-refractivity contribution in [3.63, 3.8) is 0 Å². The summed E-state index contributed by atoms with van der Waals surface area (Å²) in [7, 11) is 0. The molecule has 1 aliphatic rings. The monoisotopic (exact) mass is 336 g/mol. The first kappa shape index (κ1) is 15.5. The van der Waals surface area contributed by atoms with Crippen molar-refractivity contribution in [1.29, 1.82) is 0 Å². The standard InChI is InChI=1S/C15H20N4OS2/c20-14(13-2-1-10-21-13)17-6-5-16-12-3-8-19(9-4-12)15-18-7-11-22-15/h1-2,7,10-12,16H,3-6,8-9H2,(H,17,20). The van der Waals surface area contributed by atoms with Crippen molar-refractivity contribution in [3.05, 3.63) is 34.0 Å². The Morgan fingerprint density at radius 3 is 2.82 bits per heavy atom. The molecule has 0 saturated carbocycles. The Labute approximate surface area is 138 Å². The first-order valence-electron chi connectivity index (χ1n) is 7.52. The van der Waals surface area contributed by atoms with Crippen LogP contribution in [-0.2, 0) is 0 Å². The number of thiophene rings is 1. The van der Waals surface area contributed by atoms with E-state index in [1.54, 1.807) is 11.3 Å². The highest BCUT2D eigenvalue weighted by Crippen LogP contribution is 2.21. The third kappa shape index (κ3) is 4.06. The maximum absolute atomic E-state index is 11.8. The largest absolute Gasteiger partial charge is 0.350 e. The number of rotatable bonds is 6. The molecule has 0 aromatic carbocycles. The third-order valence-electron chi connectivity index (χ3n) is 3.77. The SMILES string of the molecule is O=C(NCCNC1CCN(c2nccs2)CC1)c1cccs1. The van der Waals surface area contributed by atoms with E-state index in [-0.39, 0.29) is 5.91 Å². The molecule has 118 valence electrons. The Morgan fingerprint density at radius 2 is 2.14 bits per heavy atom. The number of hydrogen-bond acceptors (Lipinski definition) is 6. The second kappa shape index (κ2) is 7.71. The maximum Gasteiger partial charge on any atom is 0.261 e. The smallest absolute Gasteiger partial charge is 0.261 e. The van der Waals surface area contributed by atoms with E-state index >= 15 is 0 Å². The molecule has 3 rings (SSSR count). The molecule has 2 aromatic rings. The molecule has 0 atom stereocenters. The molecule has 1 aliphatic heterocycles. The molecule has 0 radical (unpaired) electrons. The summed E-state index contributed by atoms with van der Waals surface area (Å²) in [6.45, 7) is 3.59. The van der Waals surface area contributed by atoms with E-state index < -0.39 is 0 Å². The minimum Gasteiger partial charge on any atom is -0.350 e. The van der Waals surface area contributed by atoms with Crippen LogP contribution in [0.3, 0.4) is 0 Å². The average molecular weight is 336 g/mol. The van der Waals surface area contributed by atoms with E-state index in [4.69, 9.17) is 0 Å². The van der Waals surface area contributed by atoms with Gasteiger partial charge in [-0.05, 0) is 24.3 Å². The van der Waals surface area contributed by atoms with Gasteiger partial charge in [-0.1, -0.05) is 6.07 Å². The van der Waals surface area contributed by atoms with Crippen molar-refractivity contribution in [2.24, 2.45) is 0 Å². The number of nitrogens with one attached hydrogen (secondary N) is 2. The fraction of sp³-hybridized carbons (Fsp3) is 0.467. The van der Waals surface area contributed by atoms with Gasteiger partial charge in [0.05, 0.1) is 4.88 Å². The van der Waals surface area contributed by atoms with Gasteiger partial charge in [-0.3, -0.25) is 4.79 Å². The second-order valence-electron chi connectivity index (χ2n) is 5.26. The highest BCUT2D eigenvalue weighted by Gasteiger charge is 2.20. The number of thiazole rings is 1. The van der Waals surface area contributed by atoms with Gasteiger partial charge in [0.1, 0.15) is 0 Å². The van der Waals surface area contributed by atoms with Crippen LogP contribution in [0.15, 0.2) is 29.1 Å². The molecule has 2 N–H and O–H groups in total. The molecule has 1 fully saturated rings. The summed E-state index contributed by atoms with van der Waals surface area (Å²) >= 11 is 3.18. The molecule has 1 amide bonds. The summed E-state index contributed by atoms with van der Waals surface area (Å²) in [6, 6.07) is 4.28. The highest BCUT2D eigenvalue weighted by molar-refractivity contribution is 7.13. The predicted molar refractivity (Wildman–Crippen MR) is 92.0 cm³/mol. The zero-order valence-corrected chi connectivity index (χ0v) is 14.0. The quantitative estimate of drug-likeness (QED) is 0.794. The highest BCUT2D eigenvalue weighted by atomic mass is 32.1. The molecular formula is C15H20N4OS2. The van der Waals surface area contributed by atoms with Gasteiger partial charge in [0.2, 0.25) is 0 Å². The Hall–Kier alpha value is -1.44. The van der Waals surface area contributed by atoms with Gasteiger partial charge in [-0.2, -0.15) is 0 Å². The first-order chi connectivity index (χ1) is 10.8.